The van der Waals surface area contributed by atoms with E-state index < -0.39 is 0 Å². The molecule has 6 atom stereocenters. The Hall–Kier alpha value is -2.50. The van der Waals surface area contributed by atoms with Crippen molar-refractivity contribution in [1.29, 1.82) is 0 Å². The fraction of sp³-hybridized carbons (Fsp3) is 0.550. The molecule has 2 N–H and O–H groups in total. The summed E-state index contributed by atoms with van der Waals surface area (Å²) in [4.78, 5) is 0. The third kappa shape index (κ3) is 7.31. The van der Waals surface area contributed by atoms with Crippen molar-refractivity contribution in [1.82, 2.24) is 0 Å². The summed E-state index contributed by atoms with van der Waals surface area (Å²) in [6.07, 6.45) is 29.9. The molecule has 0 aromatic heterocycles. The van der Waals surface area contributed by atoms with Crippen LogP contribution in [0, 0.1) is 10.8 Å². The van der Waals surface area contributed by atoms with Gasteiger partial charge in [0.1, 0.15) is 11.2 Å². The molecule has 2 heterocycles. The molecule has 3 fully saturated rings. The monoisotopic (exact) mass is 600 g/mol. The maximum Gasteiger partial charge on any atom is 0.121 e. The van der Waals surface area contributed by atoms with Gasteiger partial charge in [-0.3, -0.25) is 0 Å². The standard InChI is InChI=1S/C40H56O4/c1-28(17-13-18-30(3)21-22-40-37(7,8)25-33(42)27-39(40,10)44-40)15-11-12-16-29(2)19-14-20-31(4)34-23-35-36(5,6)24-32(41)26-38(35,9)43-34/h11-23,32-34,41-42H,24-27H2,1-10H3/b12-11-,17-13-,19-14-,22-21-,28-15-,29-16-,30-18-,31-20-. The Bertz CT molecular complexity index is 1380. The summed E-state index contributed by atoms with van der Waals surface area (Å²) in [6.45, 7) is 21.5. The number of fused-ring (bicyclic) bond motifs is 2. The highest BCUT2D eigenvalue weighted by molar-refractivity contribution is 5.38. The van der Waals surface area contributed by atoms with Crippen molar-refractivity contribution >= 4 is 0 Å². The topological polar surface area (TPSA) is 62.2 Å². The molecule has 240 valence electrons. The minimum atomic E-state index is -0.385. The highest BCUT2D eigenvalue weighted by Gasteiger charge is 2.74. The molecular formula is C40H56O4. The van der Waals surface area contributed by atoms with Crippen LogP contribution in [0.15, 0.2) is 107 Å². The average Bonchev–Trinajstić information content (AvgIpc) is 3.34. The molecular weight excluding hydrogens is 544 g/mol. The van der Waals surface area contributed by atoms with Gasteiger partial charge in [0.15, 0.2) is 0 Å². The fourth-order valence-corrected chi connectivity index (χ4v) is 7.95. The molecule has 4 aliphatic rings. The summed E-state index contributed by atoms with van der Waals surface area (Å²) in [5, 5.41) is 20.6. The summed E-state index contributed by atoms with van der Waals surface area (Å²) in [5.74, 6) is 0. The lowest BCUT2D eigenvalue weighted by molar-refractivity contribution is -0.0683. The van der Waals surface area contributed by atoms with E-state index in [4.69, 9.17) is 9.47 Å². The fourth-order valence-electron chi connectivity index (χ4n) is 7.95. The molecule has 2 saturated carbocycles. The molecule has 2 aliphatic heterocycles. The second-order valence-corrected chi connectivity index (χ2v) is 15.4. The number of rotatable bonds is 9. The quantitative estimate of drug-likeness (QED) is 0.158. The molecule has 4 heteroatoms. The molecule has 0 spiro atoms. The van der Waals surface area contributed by atoms with E-state index in [2.05, 4.69) is 148 Å². The molecule has 4 nitrogen and oxygen atoms in total. The summed E-state index contributed by atoms with van der Waals surface area (Å²) in [6, 6.07) is 0. The summed E-state index contributed by atoms with van der Waals surface area (Å²) in [5.41, 5.74) is 4.89. The molecule has 6 unspecified atom stereocenters. The third-order valence-electron chi connectivity index (χ3n) is 10.2. The van der Waals surface area contributed by atoms with Gasteiger partial charge in [0.05, 0.1) is 23.9 Å². The van der Waals surface area contributed by atoms with Gasteiger partial charge in [-0.1, -0.05) is 111 Å². The lowest BCUT2D eigenvalue weighted by Gasteiger charge is -2.44. The van der Waals surface area contributed by atoms with Crippen LogP contribution in [0.3, 0.4) is 0 Å². The molecule has 1 saturated heterocycles. The SMILES string of the molecule is CC(/C=C\C=C(C)/C=C\C12OC1(C)CC(O)CC2(C)C)=C/C=C\C=C(C)/C=C\C=C(\C)C1C=C2C(C)(C)CC(O)CC2(C)O1. The molecule has 0 aromatic rings. The van der Waals surface area contributed by atoms with Gasteiger partial charge in [0.2, 0.25) is 0 Å². The van der Waals surface area contributed by atoms with Crippen molar-refractivity contribution in [3.05, 3.63) is 107 Å². The summed E-state index contributed by atoms with van der Waals surface area (Å²) >= 11 is 0. The van der Waals surface area contributed by atoms with Gasteiger partial charge in [0.25, 0.3) is 0 Å². The Labute approximate surface area is 267 Å². The summed E-state index contributed by atoms with van der Waals surface area (Å²) < 4.78 is 12.7. The van der Waals surface area contributed by atoms with E-state index in [1.807, 2.05) is 0 Å². The van der Waals surface area contributed by atoms with Crippen molar-refractivity contribution in [3.8, 4) is 0 Å². The first-order valence-corrected chi connectivity index (χ1v) is 16.3. The zero-order valence-electron chi connectivity index (χ0n) is 28.8. The van der Waals surface area contributed by atoms with Crippen LogP contribution in [-0.4, -0.2) is 45.3 Å². The number of epoxide rings is 1. The van der Waals surface area contributed by atoms with E-state index in [0.29, 0.717) is 12.8 Å². The molecule has 44 heavy (non-hydrogen) atoms. The molecule has 4 rings (SSSR count). The van der Waals surface area contributed by atoms with Crippen LogP contribution in [0.25, 0.3) is 0 Å². The predicted molar refractivity (Wildman–Crippen MR) is 183 cm³/mol. The van der Waals surface area contributed by atoms with Crippen molar-refractivity contribution in [2.24, 2.45) is 10.8 Å². The maximum absolute atomic E-state index is 10.4. The van der Waals surface area contributed by atoms with Gasteiger partial charge in [-0.15, -0.1) is 0 Å². The number of allylic oxidation sites excluding steroid dienone is 14. The number of hydrogen-bond donors (Lipinski definition) is 2. The first-order chi connectivity index (χ1) is 20.4. The van der Waals surface area contributed by atoms with Crippen molar-refractivity contribution in [3.63, 3.8) is 0 Å². The van der Waals surface area contributed by atoms with Crippen LogP contribution in [0.4, 0.5) is 0 Å². The molecule has 2 aliphatic carbocycles. The Kier molecular flexibility index (Phi) is 9.93. The van der Waals surface area contributed by atoms with Crippen LogP contribution in [0.2, 0.25) is 0 Å². The minimum Gasteiger partial charge on any atom is -0.393 e. The van der Waals surface area contributed by atoms with Gasteiger partial charge in [-0.2, -0.15) is 0 Å². The zero-order valence-corrected chi connectivity index (χ0v) is 28.8. The molecule has 0 amide bonds. The van der Waals surface area contributed by atoms with E-state index in [1.165, 1.54) is 27.9 Å². The van der Waals surface area contributed by atoms with E-state index in [1.54, 1.807) is 0 Å². The van der Waals surface area contributed by atoms with Crippen molar-refractivity contribution < 1.29 is 19.7 Å². The zero-order chi connectivity index (χ0) is 32.6. The Morgan fingerprint density at radius 3 is 1.86 bits per heavy atom. The van der Waals surface area contributed by atoms with E-state index in [0.717, 1.165) is 12.8 Å². The predicted octanol–water partition coefficient (Wildman–Crippen LogP) is 8.97. The van der Waals surface area contributed by atoms with Gasteiger partial charge in [0, 0.05) is 18.3 Å². The lowest BCUT2D eigenvalue weighted by atomic mass is 9.63. The number of aliphatic hydroxyl groups excluding tert-OH is 2. The van der Waals surface area contributed by atoms with Gasteiger partial charge >= 0.3 is 0 Å². The normalized spacial score (nSPS) is 37.7. The van der Waals surface area contributed by atoms with Crippen molar-refractivity contribution in [2.45, 2.75) is 130 Å². The molecule has 0 bridgehead atoms. The molecule has 0 aromatic carbocycles. The van der Waals surface area contributed by atoms with E-state index >= 15 is 0 Å². The summed E-state index contributed by atoms with van der Waals surface area (Å²) in [7, 11) is 0. The van der Waals surface area contributed by atoms with Gasteiger partial charge in [-0.05, 0) is 83.1 Å². The van der Waals surface area contributed by atoms with Gasteiger partial charge in [-0.25, -0.2) is 0 Å². The average molecular weight is 601 g/mol. The third-order valence-corrected chi connectivity index (χ3v) is 10.2. The number of aliphatic hydroxyl groups is 2. The van der Waals surface area contributed by atoms with Gasteiger partial charge < -0.3 is 19.7 Å². The van der Waals surface area contributed by atoms with Crippen LogP contribution < -0.4 is 0 Å². The molecule has 0 radical (unpaired) electrons. The largest absolute Gasteiger partial charge is 0.393 e. The first kappa shape index (κ1) is 34.4. The van der Waals surface area contributed by atoms with E-state index in [9.17, 15) is 10.2 Å². The Morgan fingerprint density at radius 1 is 0.705 bits per heavy atom. The van der Waals surface area contributed by atoms with Crippen LogP contribution in [-0.2, 0) is 9.47 Å². The van der Waals surface area contributed by atoms with Crippen LogP contribution in [0.5, 0.6) is 0 Å². The number of hydrogen-bond acceptors (Lipinski definition) is 4. The Balaban J connectivity index is 1.27. The highest BCUT2D eigenvalue weighted by atomic mass is 16.6. The maximum atomic E-state index is 10.4. The Morgan fingerprint density at radius 2 is 1.25 bits per heavy atom. The van der Waals surface area contributed by atoms with Crippen LogP contribution >= 0.6 is 0 Å². The van der Waals surface area contributed by atoms with E-state index in [-0.39, 0.29) is 45.9 Å². The van der Waals surface area contributed by atoms with Crippen molar-refractivity contribution in [2.75, 3.05) is 0 Å². The smallest absolute Gasteiger partial charge is 0.121 e. The first-order valence-electron chi connectivity index (χ1n) is 16.3. The van der Waals surface area contributed by atoms with Crippen LogP contribution in [0.1, 0.15) is 94.9 Å². The highest BCUT2D eigenvalue weighted by Crippen LogP contribution is 2.66. The second-order valence-electron chi connectivity index (χ2n) is 15.4. The number of ether oxygens (including phenoxy) is 2. The lowest BCUT2D eigenvalue weighted by Crippen LogP contribution is -2.46. The second kappa shape index (κ2) is 12.7. The minimum absolute atomic E-state index is 0.0500.